The third-order valence-corrected chi connectivity index (χ3v) is 4.45. The van der Waals surface area contributed by atoms with Crippen LogP contribution in [-0.2, 0) is 9.59 Å². The largest absolute Gasteiger partial charge is 0.326 e. The Hall–Kier alpha value is -2.54. The van der Waals surface area contributed by atoms with E-state index >= 15 is 0 Å². The second-order valence-electron chi connectivity index (χ2n) is 5.67. The van der Waals surface area contributed by atoms with Crippen LogP contribution in [0.3, 0.4) is 0 Å². The van der Waals surface area contributed by atoms with Gasteiger partial charge in [0.1, 0.15) is 5.82 Å². The van der Waals surface area contributed by atoms with Crippen LogP contribution in [0, 0.1) is 19.7 Å². The van der Waals surface area contributed by atoms with Gasteiger partial charge in [0.25, 0.3) is 0 Å². The minimum absolute atomic E-state index is 0.0359. The van der Waals surface area contributed by atoms with E-state index in [4.69, 9.17) is 0 Å². The highest BCUT2D eigenvalue weighted by Gasteiger charge is 2.15. The summed E-state index contributed by atoms with van der Waals surface area (Å²) in [6, 6.07) is 5.71. The maximum absolute atomic E-state index is 13.8. The van der Waals surface area contributed by atoms with Gasteiger partial charge in [-0.15, -0.1) is 11.3 Å². The van der Waals surface area contributed by atoms with E-state index in [1.54, 1.807) is 0 Å². The van der Waals surface area contributed by atoms with Crippen molar-refractivity contribution in [3.8, 4) is 0 Å². The highest BCUT2D eigenvalue weighted by molar-refractivity contribution is 7.12. The first-order valence-corrected chi connectivity index (χ1v) is 8.55. The number of carbonyl (C=O) groups is 3. The van der Waals surface area contributed by atoms with Gasteiger partial charge in [0, 0.05) is 40.8 Å². The lowest BCUT2D eigenvalue weighted by Crippen LogP contribution is -2.15. The molecule has 0 atom stereocenters. The maximum atomic E-state index is 13.8. The number of thiophene rings is 1. The summed E-state index contributed by atoms with van der Waals surface area (Å²) in [4.78, 5) is 37.2. The van der Waals surface area contributed by atoms with Crippen molar-refractivity contribution >= 4 is 40.3 Å². The van der Waals surface area contributed by atoms with E-state index in [9.17, 15) is 18.8 Å². The van der Waals surface area contributed by atoms with Crippen LogP contribution in [0.15, 0.2) is 24.3 Å². The average Bonchev–Trinajstić information content (AvgIpc) is 2.86. The van der Waals surface area contributed by atoms with Gasteiger partial charge in [-0.05, 0) is 38.1 Å². The first-order chi connectivity index (χ1) is 11.8. The molecule has 0 fully saturated rings. The average molecular weight is 362 g/mol. The van der Waals surface area contributed by atoms with Crippen LogP contribution in [0.1, 0.15) is 39.9 Å². The number of hydrogen-bond acceptors (Lipinski definition) is 4. The number of nitrogens with one attached hydrogen (secondary N) is 2. The summed E-state index contributed by atoms with van der Waals surface area (Å²) in [5.41, 5.74) is 0.977. The number of hydrogen-bond donors (Lipinski definition) is 2. The van der Waals surface area contributed by atoms with Crippen LogP contribution in [0.5, 0.6) is 0 Å². The Balaban J connectivity index is 1.97. The third-order valence-electron chi connectivity index (χ3n) is 3.48. The van der Waals surface area contributed by atoms with Crippen LogP contribution in [0.4, 0.5) is 15.8 Å². The zero-order valence-corrected chi connectivity index (χ0v) is 15.1. The van der Waals surface area contributed by atoms with E-state index in [-0.39, 0.29) is 30.2 Å². The highest BCUT2D eigenvalue weighted by atomic mass is 32.1. The van der Waals surface area contributed by atoms with Crippen molar-refractivity contribution in [1.82, 2.24) is 0 Å². The lowest BCUT2D eigenvalue weighted by atomic mass is 10.1. The molecule has 7 heteroatoms. The third kappa shape index (κ3) is 5.22. The molecule has 2 N–H and O–H groups in total. The summed E-state index contributed by atoms with van der Waals surface area (Å²) >= 11 is 1.54. The van der Waals surface area contributed by atoms with E-state index in [1.807, 2.05) is 19.9 Å². The molecule has 25 heavy (non-hydrogen) atoms. The molecule has 0 spiro atoms. The number of rotatable bonds is 6. The highest BCUT2D eigenvalue weighted by Crippen LogP contribution is 2.23. The fraction of sp³-hybridized carbons (Fsp3) is 0.278. The normalized spacial score (nSPS) is 10.4. The number of benzene rings is 1. The summed E-state index contributed by atoms with van der Waals surface area (Å²) in [5.74, 6) is -1.48. The minimum Gasteiger partial charge on any atom is -0.326 e. The molecule has 0 aliphatic carbocycles. The molecule has 1 heterocycles. The van der Waals surface area contributed by atoms with E-state index in [2.05, 4.69) is 10.6 Å². The van der Waals surface area contributed by atoms with Crippen molar-refractivity contribution in [2.24, 2.45) is 0 Å². The molecule has 0 bridgehead atoms. The lowest BCUT2D eigenvalue weighted by molar-refractivity contribution is -0.116. The van der Waals surface area contributed by atoms with Crippen molar-refractivity contribution in [2.75, 3.05) is 10.6 Å². The molecule has 0 aliphatic rings. The topological polar surface area (TPSA) is 75.3 Å². The molecular formula is C18H19FN2O3S. The maximum Gasteiger partial charge on any atom is 0.224 e. The molecule has 2 amide bonds. The van der Waals surface area contributed by atoms with Gasteiger partial charge in [-0.1, -0.05) is 0 Å². The van der Waals surface area contributed by atoms with E-state index in [1.165, 1.54) is 30.4 Å². The van der Waals surface area contributed by atoms with Gasteiger partial charge in [-0.2, -0.15) is 0 Å². The van der Waals surface area contributed by atoms with Crippen molar-refractivity contribution in [2.45, 2.75) is 33.6 Å². The van der Waals surface area contributed by atoms with Crippen LogP contribution in [0.25, 0.3) is 0 Å². The monoisotopic (exact) mass is 362 g/mol. The number of carbonyl (C=O) groups excluding carboxylic acids is 3. The second-order valence-corrected chi connectivity index (χ2v) is 7.13. The molecule has 0 saturated carbocycles. The fourth-order valence-corrected chi connectivity index (χ4v) is 3.33. The van der Waals surface area contributed by atoms with Gasteiger partial charge in [0.05, 0.1) is 5.69 Å². The summed E-state index contributed by atoms with van der Waals surface area (Å²) in [7, 11) is 0. The molecule has 0 aliphatic heterocycles. The molecule has 5 nitrogen and oxygen atoms in total. The van der Waals surface area contributed by atoms with Crippen molar-refractivity contribution < 1.29 is 18.8 Å². The summed E-state index contributed by atoms with van der Waals surface area (Å²) in [5, 5.41) is 4.95. The van der Waals surface area contributed by atoms with Crippen molar-refractivity contribution in [3.63, 3.8) is 0 Å². The number of Topliss-reactive ketones (excluding diaryl/α,β-unsaturated/α-hetero) is 1. The Bertz CT molecular complexity index is 830. The second kappa shape index (κ2) is 8.02. The quantitative estimate of drug-likeness (QED) is 0.761. The molecule has 1 aromatic carbocycles. The smallest absolute Gasteiger partial charge is 0.224 e. The van der Waals surface area contributed by atoms with Gasteiger partial charge < -0.3 is 10.6 Å². The van der Waals surface area contributed by atoms with Gasteiger partial charge in [0.2, 0.25) is 11.8 Å². The molecule has 0 unspecified atom stereocenters. The Morgan fingerprint density at radius 1 is 1.08 bits per heavy atom. The molecular weight excluding hydrogens is 343 g/mol. The van der Waals surface area contributed by atoms with E-state index in [0.717, 1.165) is 15.8 Å². The predicted octanol–water partition coefficient (Wildman–Crippen LogP) is 4.06. The van der Waals surface area contributed by atoms with E-state index < -0.39 is 11.7 Å². The van der Waals surface area contributed by atoms with Crippen molar-refractivity contribution in [1.29, 1.82) is 0 Å². The number of halogens is 1. The molecule has 0 radical (unpaired) electrons. The number of aryl methyl sites for hydroxylation is 2. The Labute approximate surface area is 149 Å². The molecule has 2 rings (SSSR count). The van der Waals surface area contributed by atoms with Gasteiger partial charge in [-0.25, -0.2) is 4.39 Å². The number of ketones is 1. The standard InChI is InChI=1S/C18H19FN2O3S/c1-10-8-14(11(2)25-10)17(23)6-7-18(24)21-16-9-13(20-12(3)22)4-5-15(16)19/h4-5,8-9H,6-7H2,1-3H3,(H,20,22)(H,21,24). The predicted molar refractivity (Wildman–Crippen MR) is 96.7 cm³/mol. The zero-order chi connectivity index (χ0) is 18.6. The number of amides is 2. The molecule has 2 aromatic rings. The first kappa shape index (κ1) is 18.8. The molecule has 1 aromatic heterocycles. The van der Waals surface area contributed by atoms with Gasteiger partial charge in [-0.3, -0.25) is 14.4 Å². The lowest BCUT2D eigenvalue weighted by Gasteiger charge is -2.09. The van der Waals surface area contributed by atoms with E-state index in [0.29, 0.717) is 11.3 Å². The fourth-order valence-electron chi connectivity index (χ4n) is 2.38. The Morgan fingerprint density at radius 3 is 2.40 bits per heavy atom. The van der Waals surface area contributed by atoms with Crippen LogP contribution in [-0.4, -0.2) is 17.6 Å². The Kier molecular flexibility index (Phi) is 6.03. The van der Waals surface area contributed by atoms with Gasteiger partial charge >= 0.3 is 0 Å². The summed E-state index contributed by atoms with van der Waals surface area (Å²) < 4.78 is 13.8. The summed E-state index contributed by atoms with van der Waals surface area (Å²) in [6.45, 7) is 5.13. The zero-order valence-electron chi connectivity index (χ0n) is 14.2. The Morgan fingerprint density at radius 2 is 1.80 bits per heavy atom. The van der Waals surface area contributed by atoms with Crippen LogP contribution < -0.4 is 10.6 Å². The van der Waals surface area contributed by atoms with Crippen LogP contribution in [0.2, 0.25) is 0 Å². The first-order valence-electron chi connectivity index (χ1n) is 7.73. The SMILES string of the molecule is CC(=O)Nc1ccc(F)c(NC(=O)CCC(=O)c2cc(C)sc2C)c1. The van der Waals surface area contributed by atoms with Gasteiger partial charge in [0.15, 0.2) is 5.78 Å². The van der Waals surface area contributed by atoms with Crippen LogP contribution >= 0.6 is 11.3 Å². The molecule has 132 valence electrons. The minimum atomic E-state index is -0.613. The number of anilines is 2. The molecule has 0 saturated heterocycles. The van der Waals surface area contributed by atoms with Crippen molar-refractivity contribution in [3.05, 3.63) is 45.4 Å². The summed E-state index contributed by atoms with van der Waals surface area (Å²) in [6.07, 6.45) is 0.00677.